The average molecular weight is 525 g/mol. The number of aromatic nitrogens is 1. The first-order valence-corrected chi connectivity index (χ1v) is 14.5. The third kappa shape index (κ3) is 5.56. The Labute approximate surface area is 219 Å². The van der Waals surface area contributed by atoms with Crippen LogP contribution in [-0.2, 0) is 9.53 Å². The molecule has 0 radical (unpaired) electrons. The van der Waals surface area contributed by atoms with E-state index >= 15 is 0 Å². The van der Waals surface area contributed by atoms with Crippen molar-refractivity contribution in [1.82, 2.24) is 4.98 Å². The van der Waals surface area contributed by atoms with Gasteiger partial charge in [0.15, 0.2) is 0 Å². The molecule has 0 atom stereocenters. The lowest BCUT2D eigenvalue weighted by atomic mass is 9.82. The minimum Gasteiger partial charge on any atom is -0.477 e. The molecule has 1 saturated carbocycles. The Balaban J connectivity index is 1.47. The summed E-state index contributed by atoms with van der Waals surface area (Å²) in [4.78, 5) is 33.5. The highest BCUT2D eigenvalue weighted by Crippen LogP contribution is 2.40. The van der Waals surface area contributed by atoms with Gasteiger partial charge in [0, 0.05) is 41.5 Å². The predicted octanol–water partition coefficient (Wildman–Crippen LogP) is 6.82. The van der Waals surface area contributed by atoms with Crippen LogP contribution >= 0.6 is 22.7 Å². The minimum absolute atomic E-state index is 0.0385. The van der Waals surface area contributed by atoms with Crippen LogP contribution in [0.4, 0.5) is 5.69 Å². The van der Waals surface area contributed by atoms with Gasteiger partial charge in [-0.2, -0.15) is 0 Å². The number of hydrogen-bond donors (Lipinski definition) is 1. The second kappa shape index (κ2) is 11.2. The number of carbonyl (C=O) groups excluding carboxylic acids is 1. The predicted molar refractivity (Wildman–Crippen MR) is 145 cm³/mol. The van der Waals surface area contributed by atoms with E-state index in [-0.39, 0.29) is 16.7 Å². The first-order valence-electron chi connectivity index (χ1n) is 12.7. The number of carboxylic acids is 1. The van der Waals surface area contributed by atoms with E-state index in [9.17, 15) is 14.7 Å². The number of hydrogen-bond acceptors (Lipinski definition) is 6. The van der Waals surface area contributed by atoms with Gasteiger partial charge in [-0.05, 0) is 62.0 Å². The molecule has 1 amide bonds. The van der Waals surface area contributed by atoms with Crippen molar-refractivity contribution >= 4 is 40.2 Å². The Bertz CT molecular complexity index is 1170. The molecule has 1 saturated heterocycles. The Morgan fingerprint density at radius 2 is 1.75 bits per heavy atom. The van der Waals surface area contributed by atoms with Crippen LogP contribution in [0.5, 0.6) is 0 Å². The van der Waals surface area contributed by atoms with E-state index < -0.39 is 5.97 Å². The zero-order valence-corrected chi connectivity index (χ0v) is 22.2. The Morgan fingerprint density at radius 1 is 1.06 bits per heavy atom. The van der Waals surface area contributed by atoms with Crippen molar-refractivity contribution in [2.75, 3.05) is 24.7 Å². The van der Waals surface area contributed by atoms with E-state index in [2.05, 4.69) is 11.9 Å². The van der Waals surface area contributed by atoms with Crippen LogP contribution in [-0.4, -0.2) is 41.7 Å². The van der Waals surface area contributed by atoms with Gasteiger partial charge in [-0.15, -0.1) is 22.7 Å². The molecule has 1 aliphatic carbocycles. The summed E-state index contributed by atoms with van der Waals surface area (Å²) in [5.74, 6) is 0.0186. The van der Waals surface area contributed by atoms with Gasteiger partial charge >= 0.3 is 5.97 Å². The largest absolute Gasteiger partial charge is 0.477 e. The summed E-state index contributed by atoms with van der Waals surface area (Å²) in [7, 11) is 0. The molecule has 1 aromatic carbocycles. The maximum atomic E-state index is 13.9. The van der Waals surface area contributed by atoms with Crippen molar-refractivity contribution in [3.8, 4) is 21.7 Å². The van der Waals surface area contributed by atoms with Gasteiger partial charge < -0.3 is 14.7 Å². The first-order chi connectivity index (χ1) is 17.5. The van der Waals surface area contributed by atoms with Crippen LogP contribution in [0.15, 0.2) is 41.2 Å². The molecule has 2 fully saturated rings. The summed E-state index contributed by atoms with van der Waals surface area (Å²) in [6.07, 6.45) is 5.64. The Kier molecular flexibility index (Phi) is 7.84. The number of carbonyl (C=O) groups is 2. The number of amides is 1. The molecular weight excluding hydrogens is 492 g/mol. The molecule has 1 N–H and O–H groups in total. The van der Waals surface area contributed by atoms with Crippen molar-refractivity contribution in [3.63, 3.8) is 0 Å². The van der Waals surface area contributed by atoms with E-state index in [1.54, 1.807) is 11.3 Å². The zero-order chi connectivity index (χ0) is 25.1. The standard InChI is InChI=1S/C28H32N2O4S2/c1-18-2-4-22(5-3-18)27(31)30(15-19-10-12-34-13-11-19)24-14-25(36-26(24)28(32)33)21-8-6-20(7-9-21)23-16-35-17-29-23/h6-9,14,16-19,22H,2-5,10-13,15H2,1H3,(H,32,33)/t18-,22-. The van der Waals surface area contributed by atoms with E-state index in [0.717, 1.165) is 60.2 Å². The van der Waals surface area contributed by atoms with Crippen LogP contribution in [0.2, 0.25) is 0 Å². The fourth-order valence-corrected chi connectivity index (χ4v) is 6.83. The number of carboxylic acid groups (broad SMARTS) is 1. The number of aromatic carboxylic acids is 1. The van der Waals surface area contributed by atoms with Gasteiger partial charge in [-0.25, -0.2) is 9.78 Å². The van der Waals surface area contributed by atoms with Gasteiger partial charge in [0.1, 0.15) is 4.88 Å². The molecule has 0 bridgehead atoms. The minimum atomic E-state index is -0.984. The van der Waals surface area contributed by atoms with Crippen molar-refractivity contribution < 1.29 is 19.4 Å². The molecule has 8 heteroatoms. The van der Waals surface area contributed by atoms with Crippen LogP contribution in [0.25, 0.3) is 21.7 Å². The van der Waals surface area contributed by atoms with Crippen molar-refractivity contribution in [1.29, 1.82) is 0 Å². The molecule has 5 rings (SSSR count). The van der Waals surface area contributed by atoms with Gasteiger partial charge in [0.25, 0.3) is 0 Å². The SMILES string of the molecule is C[C@H]1CC[C@H](C(=O)N(CC2CCOCC2)c2cc(-c3ccc(-c4cscn4)cc3)sc2C(=O)O)CC1. The summed E-state index contributed by atoms with van der Waals surface area (Å²) < 4.78 is 5.54. The fraction of sp³-hybridized carbons (Fsp3) is 0.464. The number of rotatable bonds is 7. The first kappa shape index (κ1) is 25.1. The Hall–Kier alpha value is -2.55. The lowest BCUT2D eigenvalue weighted by molar-refractivity contribution is -0.123. The number of nitrogens with zero attached hydrogens (tertiary/aromatic N) is 2. The highest BCUT2D eigenvalue weighted by molar-refractivity contribution is 7.18. The van der Waals surface area contributed by atoms with Crippen molar-refractivity contribution in [2.45, 2.75) is 45.4 Å². The number of thiophene rings is 1. The maximum absolute atomic E-state index is 13.9. The van der Waals surface area contributed by atoms with Gasteiger partial charge in [-0.1, -0.05) is 31.2 Å². The molecule has 6 nitrogen and oxygen atoms in total. The quantitative estimate of drug-likeness (QED) is 0.367. The molecular formula is C28H32N2O4S2. The summed E-state index contributed by atoms with van der Waals surface area (Å²) in [5.41, 5.74) is 5.25. The maximum Gasteiger partial charge on any atom is 0.348 e. The highest BCUT2D eigenvalue weighted by Gasteiger charge is 2.33. The zero-order valence-electron chi connectivity index (χ0n) is 20.5. The van der Waals surface area contributed by atoms with Gasteiger partial charge in [0.2, 0.25) is 5.91 Å². The van der Waals surface area contributed by atoms with Crippen LogP contribution < -0.4 is 4.90 Å². The van der Waals surface area contributed by atoms with Gasteiger partial charge in [0.05, 0.1) is 16.9 Å². The fourth-order valence-electron chi connectivity index (χ4n) is 5.26. The van der Waals surface area contributed by atoms with E-state index in [4.69, 9.17) is 4.74 Å². The number of ether oxygens (including phenoxy) is 1. The van der Waals surface area contributed by atoms with Gasteiger partial charge in [-0.3, -0.25) is 4.79 Å². The smallest absolute Gasteiger partial charge is 0.348 e. The molecule has 2 aromatic heterocycles. The van der Waals surface area contributed by atoms with Crippen LogP contribution in [0.1, 0.15) is 55.1 Å². The third-order valence-electron chi connectivity index (χ3n) is 7.51. The number of thiazole rings is 1. The third-order valence-corrected chi connectivity index (χ3v) is 9.26. The molecule has 0 spiro atoms. The topological polar surface area (TPSA) is 79.7 Å². The molecule has 2 aliphatic rings. The number of anilines is 1. The van der Waals surface area contributed by atoms with Crippen LogP contribution in [0.3, 0.4) is 0 Å². The van der Waals surface area contributed by atoms with E-state index in [1.807, 2.05) is 46.1 Å². The highest BCUT2D eigenvalue weighted by atomic mass is 32.1. The van der Waals surface area contributed by atoms with E-state index in [1.165, 1.54) is 11.3 Å². The summed E-state index contributed by atoms with van der Waals surface area (Å²) in [5, 5.41) is 12.1. The van der Waals surface area contributed by atoms with Crippen molar-refractivity contribution in [3.05, 3.63) is 46.1 Å². The van der Waals surface area contributed by atoms with Crippen LogP contribution in [0, 0.1) is 17.8 Å². The average Bonchev–Trinajstić information content (AvgIpc) is 3.59. The normalized spacial score (nSPS) is 20.8. The summed E-state index contributed by atoms with van der Waals surface area (Å²) in [6, 6.07) is 9.94. The molecule has 190 valence electrons. The molecule has 3 aromatic rings. The lowest BCUT2D eigenvalue weighted by Gasteiger charge is -2.34. The summed E-state index contributed by atoms with van der Waals surface area (Å²) >= 11 is 2.80. The molecule has 3 heterocycles. The molecule has 1 aliphatic heterocycles. The Morgan fingerprint density at radius 3 is 2.39 bits per heavy atom. The molecule has 36 heavy (non-hydrogen) atoms. The molecule has 0 unspecified atom stereocenters. The second-order valence-electron chi connectivity index (χ2n) is 10.0. The van der Waals surface area contributed by atoms with E-state index in [0.29, 0.717) is 37.3 Å². The number of benzene rings is 1. The van der Waals surface area contributed by atoms with Crippen molar-refractivity contribution in [2.24, 2.45) is 17.8 Å². The monoisotopic (exact) mass is 524 g/mol. The lowest BCUT2D eigenvalue weighted by Crippen LogP contribution is -2.42. The second-order valence-corrected chi connectivity index (χ2v) is 11.8. The summed E-state index contributed by atoms with van der Waals surface area (Å²) in [6.45, 7) is 4.18.